The number of ether oxygens (including phenoxy) is 2. The van der Waals surface area contributed by atoms with Crippen molar-refractivity contribution >= 4 is 33.0 Å². The number of nitrogens with zero attached hydrogens (tertiary/aromatic N) is 1. The van der Waals surface area contributed by atoms with Crippen LogP contribution in [0, 0.1) is 5.41 Å². The van der Waals surface area contributed by atoms with E-state index in [1.54, 1.807) is 6.92 Å². The zero-order valence-corrected chi connectivity index (χ0v) is 22.1. The molecule has 0 radical (unpaired) electrons. The van der Waals surface area contributed by atoms with Crippen molar-refractivity contribution in [3.05, 3.63) is 0 Å². The molecule has 2 saturated heterocycles. The maximum Gasteiger partial charge on any atom is 0.364 e. The molecule has 0 spiro atoms. The van der Waals surface area contributed by atoms with Crippen molar-refractivity contribution in [3.8, 4) is 0 Å². The van der Waals surface area contributed by atoms with Gasteiger partial charge in [0, 0.05) is 25.5 Å². The largest absolute Gasteiger partial charge is 0.477 e. The lowest BCUT2D eigenvalue weighted by Gasteiger charge is -2.46. The fourth-order valence-electron chi connectivity index (χ4n) is 3.94. The van der Waals surface area contributed by atoms with Crippen molar-refractivity contribution in [3.63, 3.8) is 0 Å². The minimum Gasteiger partial charge on any atom is -0.477 e. The maximum atomic E-state index is 12.2. The summed E-state index contributed by atoms with van der Waals surface area (Å²) >= 11 is 0. The average Bonchev–Trinajstić information content (AvgIpc) is 3.14. The normalized spacial score (nSPS) is 34.9. The van der Waals surface area contributed by atoms with E-state index in [2.05, 4.69) is 10.3 Å². The molecule has 39 heavy (non-hydrogen) atoms. The Balaban J connectivity index is 2.07. The fourth-order valence-corrected chi connectivity index (χ4v) is 4.58. The summed E-state index contributed by atoms with van der Waals surface area (Å²) in [6.07, 6.45) is -11.0. The highest BCUT2D eigenvalue weighted by Crippen LogP contribution is 2.38. The molecule has 2 aliphatic heterocycles. The summed E-state index contributed by atoms with van der Waals surface area (Å²) in [6, 6.07) is -1.34. The van der Waals surface area contributed by atoms with Gasteiger partial charge in [0.15, 0.2) is 15.3 Å². The van der Waals surface area contributed by atoms with Crippen molar-refractivity contribution in [2.45, 2.75) is 93.4 Å². The van der Waals surface area contributed by atoms with Crippen LogP contribution in [0.25, 0.3) is 0 Å². The third-order valence-corrected chi connectivity index (χ3v) is 6.73. The fraction of sp³-hybridized carbons (Fsp3) is 0.810. The van der Waals surface area contributed by atoms with E-state index in [4.69, 9.17) is 29.7 Å². The van der Waals surface area contributed by atoms with E-state index in [0.717, 1.165) is 0 Å². The molecule has 0 aliphatic carbocycles. The van der Waals surface area contributed by atoms with Gasteiger partial charge in [0.2, 0.25) is 5.91 Å². The first kappa shape index (κ1) is 33.3. The monoisotopic (exact) mass is 584 g/mol. The Labute approximate surface area is 225 Å². The Hall–Kier alpha value is -1.89. The lowest BCUT2D eigenvalue weighted by molar-refractivity contribution is -0.283. The first-order valence-corrected chi connectivity index (χ1v) is 12.9. The van der Waals surface area contributed by atoms with Gasteiger partial charge in [-0.2, -0.15) is 0 Å². The van der Waals surface area contributed by atoms with Crippen molar-refractivity contribution in [1.29, 1.82) is 5.41 Å². The molecule has 0 bridgehead atoms. The van der Waals surface area contributed by atoms with Gasteiger partial charge in [-0.1, -0.05) is 6.92 Å². The molecule has 0 saturated carbocycles. The highest BCUT2D eigenvalue weighted by Gasteiger charge is 2.56. The van der Waals surface area contributed by atoms with E-state index < -0.39 is 94.7 Å². The second kappa shape index (κ2) is 15.2. The Morgan fingerprint density at radius 2 is 2.00 bits per heavy atom. The van der Waals surface area contributed by atoms with Crippen LogP contribution in [-0.2, 0) is 28.1 Å². The molecule has 2 fully saturated rings. The van der Waals surface area contributed by atoms with Crippen molar-refractivity contribution in [1.82, 2.24) is 5.32 Å². The summed E-state index contributed by atoms with van der Waals surface area (Å²) < 4.78 is 21.5. The number of aliphatic hydroxyl groups excluding tert-OH is 6. The molecule has 2 rings (SSSR count). The van der Waals surface area contributed by atoms with Crippen LogP contribution in [0.5, 0.6) is 0 Å². The standard InChI is InChI=1S/C21H37N4O13P/c1-2-3-13(29)25-14-9(27)6-21(20(33)34,37-18(14)15(30)10(28)7-26)38-39-35-8-11-16(31)17(32)19(36-11)24-5-4-12(22)23/h5,9-11,14-19,26-28,30-32,39H,2-4,6-8H2,1H3,(H3,22,23)(H,25,29)(H,33,34). The Morgan fingerprint density at radius 3 is 2.59 bits per heavy atom. The number of amides is 1. The smallest absolute Gasteiger partial charge is 0.364 e. The van der Waals surface area contributed by atoms with Gasteiger partial charge in [-0.3, -0.25) is 19.7 Å². The molecular formula is C21H37N4O13P. The molecule has 11 atom stereocenters. The van der Waals surface area contributed by atoms with E-state index in [0.29, 0.717) is 6.42 Å². The number of aliphatic carboxylic acids is 1. The number of nitrogens with one attached hydrogen (secondary N) is 2. The van der Waals surface area contributed by atoms with E-state index in [1.807, 2.05) is 0 Å². The third-order valence-electron chi connectivity index (χ3n) is 6.04. The minimum atomic E-state index is -2.58. The molecule has 11 unspecified atom stereocenters. The summed E-state index contributed by atoms with van der Waals surface area (Å²) in [5, 5.41) is 80.2. The van der Waals surface area contributed by atoms with E-state index in [9.17, 15) is 45.3 Å². The second-order valence-electron chi connectivity index (χ2n) is 9.10. The number of nitrogens with two attached hydrogens (primary N) is 1. The number of carboxylic acids is 1. The number of aliphatic hydroxyl groups is 6. The van der Waals surface area contributed by atoms with Crippen molar-refractivity contribution in [2.75, 3.05) is 13.2 Å². The van der Waals surface area contributed by atoms with E-state index in [1.165, 1.54) is 6.21 Å². The van der Waals surface area contributed by atoms with Crippen molar-refractivity contribution in [2.24, 2.45) is 10.7 Å². The van der Waals surface area contributed by atoms with Gasteiger partial charge >= 0.3 is 5.97 Å². The van der Waals surface area contributed by atoms with Crippen LogP contribution < -0.4 is 11.1 Å². The second-order valence-corrected chi connectivity index (χ2v) is 9.76. The predicted molar refractivity (Wildman–Crippen MR) is 133 cm³/mol. The highest BCUT2D eigenvalue weighted by atomic mass is 31.1. The number of hydrogen-bond donors (Lipinski definition) is 10. The van der Waals surface area contributed by atoms with Gasteiger partial charge < -0.3 is 60.8 Å². The van der Waals surface area contributed by atoms with Gasteiger partial charge in [-0.25, -0.2) is 4.79 Å². The van der Waals surface area contributed by atoms with Crippen LogP contribution in [-0.4, -0.2) is 134 Å². The molecule has 18 heteroatoms. The Morgan fingerprint density at radius 1 is 1.31 bits per heavy atom. The maximum absolute atomic E-state index is 12.2. The number of carboxylic acid groups (broad SMARTS) is 1. The van der Waals surface area contributed by atoms with E-state index in [-0.39, 0.29) is 25.3 Å². The molecule has 0 aromatic heterocycles. The summed E-state index contributed by atoms with van der Waals surface area (Å²) in [5.74, 6) is -4.98. The quantitative estimate of drug-likeness (QED) is 0.0384. The molecule has 2 heterocycles. The van der Waals surface area contributed by atoms with Crippen LogP contribution in [0.3, 0.4) is 0 Å². The molecule has 0 aromatic carbocycles. The first-order valence-electron chi connectivity index (χ1n) is 12.1. The number of rotatable bonds is 15. The van der Waals surface area contributed by atoms with Gasteiger partial charge in [0.05, 0.1) is 31.2 Å². The zero-order chi connectivity index (χ0) is 29.3. The van der Waals surface area contributed by atoms with Crippen LogP contribution in [0.2, 0.25) is 0 Å². The molecule has 0 aromatic rings. The first-order chi connectivity index (χ1) is 18.4. The van der Waals surface area contributed by atoms with Crippen LogP contribution >= 0.6 is 9.03 Å². The Kier molecular flexibility index (Phi) is 13.0. The molecule has 2 aliphatic rings. The summed E-state index contributed by atoms with van der Waals surface area (Å²) in [7, 11) is -1.07. The van der Waals surface area contributed by atoms with Crippen LogP contribution in [0.15, 0.2) is 4.99 Å². The number of carbonyl (C=O) groups excluding carboxylic acids is 1. The topological polar surface area (TPSA) is 287 Å². The van der Waals surface area contributed by atoms with E-state index >= 15 is 0 Å². The summed E-state index contributed by atoms with van der Waals surface area (Å²) in [5.41, 5.74) is 5.22. The number of carbonyl (C=O) groups is 2. The summed E-state index contributed by atoms with van der Waals surface area (Å²) in [4.78, 5) is 28.2. The molecule has 224 valence electrons. The van der Waals surface area contributed by atoms with Gasteiger partial charge in [-0.15, -0.1) is 0 Å². The van der Waals surface area contributed by atoms with Crippen LogP contribution in [0.1, 0.15) is 32.6 Å². The Bertz CT molecular complexity index is 870. The lowest BCUT2D eigenvalue weighted by Crippen LogP contribution is -2.67. The molecule has 1 amide bonds. The van der Waals surface area contributed by atoms with Gasteiger partial charge in [0.1, 0.15) is 36.6 Å². The summed E-state index contributed by atoms with van der Waals surface area (Å²) in [6.45, 7) is 0.435. The zero-order valence-electron chi connectivity index (χ0n) is 21.1. The highest BCUT2D eigenvalue weighted by molar-refractivity contribution is 7.26. The molecule has 11 N–H and O–H groups in total. The van der Waals surface area contributed by atoms with Gasteiger partial charge in [0.25, 0.3) is 5.79 Å². The number of amidine groups is 1. The number of aliphatic imine (C=N–C) groups is 1. The third kappa shape index (κ3) is 8.80. The minimum absolute atomic E-state index is 0.0103. The molecular weight excluding hydrogens is 547 g/mol. The molecule has 17 nitrogen and oxygen atoms in total. The van der Waals surface area contributed by atoms with Gasteiger partial charge in [-0.05, 0) is 6.42 Å². The number of hydrogen-bond acceptors (Lipinski definition) is 14. The predicted octanol–water partition coefficient (Wildman–Crippen LogP) is -3.70. The lowest BCUT2D eigenvalue weighted by atomic mass is 9.88. The van der Waals surface area contributed by atoms with Crippen LogP contribution in [0.4, 0.5) is 0 Å². The van der Waals surface area contributed by atoms with Crippen molar-refractivity contribution < 1.29 is 63.9 Å². The SMILES string of the molecule is CCCC(=O)NC1C(O)CC(OPOCC2OC(N=CCC(=N)N)C(O)C2O)(C(=O)O)OC1C(O)C(O)CO. The average molecular weight is 585 g/mol.